The van der Waals surface area contributed by atoms with E-state index >= 15 is 0 Å². The maximum Gasteiger partial charge on any atom is 0.323 e. The van der Waals surface area contributed by atoms with Gasteiger partial charge in [0.1, 0.15) is 11.6 Å². The fraction of sp³-hybridized carbons (Fsp3) is 0.167. The first-order valence-electron chi connectivity index (χ1n) is 10.1. The van der Waals surface area contributed by atoms with Crippen molar-refractivity contribution < 1.29 is 18.4 Å². The van der Waals surface area contributed by atoms with Gasteiger partial charge in [-0.2, -0.15) is 0 Å². The molecule has 5 nitrogen and oxygen atoms in total. The van der Waals surface area contributed by atoms with Crippen molar-refractivity contribution >= 4 is 35.1 Å². The Morgan fingerprint density at radius 2 is 1.72 bits per heavy atom. The minimum Gasteiger partial charge on any atom is -0.308 e. The number of fused-ring (bicyclic) bond motifs is 2. The highest BCUT2D eigenvalue weighted by molar-refractivity contribution is 8.01. The van der Waals surface area contributed by atoms with E-state index in [-0.39, 0.29) is 5.91 Å². The average molecular weight is 451 g/mol. The van der Waals surface area contributed by atoms with Crippen LogP contribution in [0.5, 0.6) is 0 Å². The molecular weight excluding hydrogens is 432 g/mol. The summed E-state index contributed by atoms with van der Waals surface area (Å²) in [4.78, 5) is 28.7. The molecule has 5 rings (SSSR count). The predicted octanol–water partition coefficient (Wildman–Crippen LogP) is 4.95. The normalized spacial score (nSPS) is 19.5. The summed E-state index contributed by atoms with van der Waals surface area (Å²) in [5, 5.41) is 2.74. The van der Waals surface area contributed by atoms with Crippen molar-refractivity contribution in [3.8, 4) is 0 Å². The zero-order valence-electron chi connectivity index (χ0n) is 16.9. The SMILES string of the molecule is O=C(Nc1ccc(F)cc1)N1CCS[C@@]12C(=O)N(Cc1ccccc1)c1ccc(F)cc12. The molecule has 1 atom stereocenters. The number of rotatable bonds is 3. The maximum atomic E-state index is 14.3. The number of carbonyl (C=O) groups excluding carboxylic acids is 2. The lowest BCUT2D eigenvalue weighted by atomic mass is 10.1. The molecule has 1 fully saturated rings. The Labute approximate surface area is 188 Å². The van der Waals surface area contributed by atoms with E-state index in [1.54, 1.807) is 11.0 Å². The van der Waals surface area contributed by atoms with Crippen molar-refractivity contribution in [3.05, 3.63) is 95.6 Å². The molecule has 3 aromatic rings. The zero-order valence-corrected chi connectivity index (χ0v) is 17.7. The third kappa shape index (κ3) is 3.31. The topological polar surface area (TPSA) is 52.7 Å². The van der Waals surface area contributed by atoms with Crippen molar-refractivity contribution in [1.29, 1.82) is 0 Å². The Kier molecular flexibility index (Phi) is 5.09. The Balaban J connectivity index is 1.53. The molecule has 0 radical (unpaired) electrons. The maximum absolute atomic E-state index is 14.3. The predicted molar refractivity (Wildman–Crippen MR) is 120 cm³/mol. The molecule has 1 N–H and O–H groups in total. The minimum absolute atomic E-state index is 0.279. The molecule has 0 bridgehead atoms. The summed E-state index contributed by atoms with van der Waals surface area (Å²) >= 11 is 1.32. The first kappa shape index (κ1) is 20.5. The molecule has 0 saturated carbocycles. The number of urea groups is 1. The van der Waals surface area contributed by atoms with Crippen LogP contribution in [-0.4, -0.2) is 29.1 Å². The van der Waals surface area contributed by atoms with Crippen molar-refractivity contribution in [1.82, 2.24) is 4.90 Å². The lowest BCUT2D eigenvalue weighted by Gasteiger charge is -2.33. The highest BCUT2D eigenvalue weighted by Crippen LogP contribution is 2.54. The van der Waals surface area contributed by atoms with Crippen LogP contribution < -0.4 is 10.2 Å². The second-order valence-electron chi connectivity index (χ2n) is 7.62. The summed E-state index contributed by atoms with van der Waals surface area (Å²) in [5.41, 5.74) is 2.40. The van der Waals surface area contributed by atoms with Gasteiger partial charge in [-0.05, 0) is 48.0 Å². The fourth-order valence-electron chi connectivity index (χ4n) is 4.23. The van der Waals surface area contributed by atoms with Gasteiger partial charge in [0.05, 0.1) is 12.2 Å². The van der Waals surface area contributed by atoms with Crippen LogP contribution in [0.25, 0.3) is 0 Å². The van der Waals surface area contributed by atoms with Gasteiger partial charge in [-0.25, -0.2) is 13.6 Å². The lowest BCUT2D eigenvalue weighted by Crippen LogP contribution is -2.51. The Hall–Kier alpha value is -3.39. The molecule has 0 aromatic heterocycles. The molecule has 3 aromatic carbocycles. The van der Waals surface area contributed by atoms with Gasteiger partial charge in [-0.3, -0.25) is 9.69 Å². The van der Waals surface area contributed by atoms with E-state index in [2.05, 4.69) is 5.32 Å². The van der Waals surface area contributed by atoms with Gasteiger partial charge < -0.3 is 10.2 Å². The standard InChI is InChI=1S/C24H19F2N3O2S/c25-17-6-9-19(10-7-17)27-23(31)29-12-13-32-24(29)20-14-18(26)8-11-21(20)28(22(24)30)15-16-4-2-1-3-5-16/h1-11,14H,12-13,15H2,(H,27,31)/t24-/m0/s1. The second kappa shape index (κ2) is 7.94. The molecule has 2 aliphatic rings. The molecule has 8 heteroatoms. The van der Waals surface area contributed by atoms with Gasteiger partial charge in [0.25, 0.3) is 5.91 Å². The van der Waals surface area contributed by atoms with Crippen LogP contribution in [0.1, 0.15) is 11.1 Å². The summed E-state index contributed by atoms with van der Waals surface area (Å²) in [7, 11) is 0. The fourth-order valence-corrected chi connectivity index (χ4v) is 5.69. The van der Waals surface area contributed by atoms with E-state index in [1.807, 2.05) is 30.3 Å². The first-order chi connectivity index (χ1) is 15.5. The van der Waals surface area contributed by atoms with Crippen LogP contribution >= 0.6 is 11.8 Å². The molecule has 1 spiro atoms. The number of nitrogens with one attached hydrogen (secondary N) is 1. The molecular formula is C24H19F2N3O2S. The quantitative estimate of drug-likeness (QED) is 0.613. The smallest absolute Gasteiger partial charge is 0.308 e. The number of anilines is 2. The Morgan fingerprint density at radius 1 is 1.00 bits per heavy atom. The third-order valence-corrected chi connectivity index (χ3v) is 7.10. The molecule has 32 heavy (non-hydrogen) atoms. The van der Waals surface area contributed by atoms with E-state index in [0.29, 0.717) is 35.8 Å². The summed E-state index contributed by atoms with van der Waals surface area (Å²) in [6, 6.07) is 18.7. The molecule has 3 amide bonds. The van der Waals surface area contributed by atoms with Crippen LogP contribution in [0.4, 0.5) is 25.0 Å². The average Bonchev–Trinajstić information content (AvgIpc) is 3.33. The van der Waals surface area contributed by atoms with Crippen LogP contribution in [0.3, 0.4) is 0 Å². The van der Waals surface area contributed by atoms with Crippen molar-refractivity contribution in [2.24, 2.45) is 0 Å². The molecule has 0 unspecified atom stereocenters. The van der Waals surface area contributed by atoms with Crippen molar-refractivity contribution in [3.63, 3.8) is 0 Å². The highest BCUT2D eigenvalue weighted by Gasteiger charge is 2.59. The molecule has 2 aliphatic heterocycles. The molecule has 162 valence electrons. The van der Waals surface area contributed by atoms with Crippen LogP contribution in [0, 0.1) is 11.6 Å². The summed E-state index contributed by atoms with van der Waals surface area (Å²) in [5.74, 6) is -0.636. The first-order valence-corrected chi connectivity index (χ1v) is 11.1. The number of carbonyl (C=O) groups is 2. The second-order valence-corrected chi connectivity index (χ2v) is 8.91. The van der Waals surface area contributed by atoms with Crippen molar-refractivity contribution in [2.75, 3.05) is 22.5 Å². The number of amides is 3. The minimum atomic E-state index is -1.35. The Morgan fingerprint density at radius 3 is 2.47 bits per heavy atom. The van der Waals surface area contributed by atoms with Crippen LogP contribution in [0.2, 0.25) is 0 Å². The number of hydrogen-bond acceptors (Lipinski definition) is 3. The van der Waals surface area contributed by atoms with Gasteiger partial charge in [-0.15, -0.1) is 11.8 Å². The van der Waals surface area contributed by atoms with Gasteiger partial charge in [0.15, 0.2) is 4.87 Å². The Bertz CT molecular complexity index is 1190. The van der Waals surface area contributed by atoms with E-state index in [0.717, 1.165) is 5.56 Å². The van der Waals surface area contributed by atoms with Gasteiger partial charge in [-0.1, -0.05) is 30.3 Å². The number of halogens is 2. The van der Waals surface area contributed by atoms with E-state index in [4.69, 9.17) is 0 Å². The van der Waals surface area contributed by atoms with Gasteiger partial charge >= 0.3 is 6.03 Å². The number of benzene rings is 3. The van der Waals surface area contributed by atoms with E-state index in [1.165, 1.54) is 53.1 Å². The monoisotopic (exact) mass is 451 g/mol. The van der Waals surface area contributed by atoms with Gasteiger partial charge in [0, 0.05) is 23.5 Å². The van der Waals surface area contributed by atoms with Crippen LogP contribution in [0.15, 0.2) is 72.8 Å². The zero-order chi connectivity index (χ0) is 22.3. The summed E-state index contributed by atoms with van der Waals surface area (Å²) < 4.78 is 27.5. The highest BCUT2D eigenvalue weighted by atomic mass is 32.2. The number of nitrogens with zero attached hydrogens (tertiary/aromatic N) is 2. The molecule has 0 aliphatic carbocycles. The van der Waals surface area contributed by atoms with E-state index in [9.17, 15) is 18.4 Å². The summed E-state index contributed by atoms with van der Waals surface area (Å²) in [6.07, 6.45) is 0. The lowest BCUT2D eigenvalue weighted by molar-refractivity contribution is -0.123. The number of thioether (sulfide) groups is 1. The molecule has 2 heterocycles. The van der Waals surface area contributed by atoms with Crippen LogP contribution in [-0.2, 0) is 16.2 Å². The van der Waals surface area contributed by atoms with E-state index < -0.39 is 22.5 Å². The summed E-state index contributed by atoms with van der Waals surface area (Å²) in [6.45, 7) is 0.632. The number of hydrogen-bond donors (Lipinski definition) is 1. The van der Waals surface area contributed by atoms with Crippen molar-refractivity contribution in [2.45, 2.75) is 11.4 Å². The molecule has 1 saturated heterocycles. The third-order valence-electron chi connectivity index (χ3n) is 5.68. The van der Waals surface area contributed by atoms with Gasteiger partial charge in [0.2, 0.25) is 0 Å². The largest absolute Gasteiger partial charge is 0.323 e.